The standard InChI is InChI=1S/C25H34N2O/c1-25(2)23-12-9-19(8-7-14-26-13-5-6-15-28)16-21(23)17-20-10-11-22(27(3)4)18-24(20)25/h10-12,15-18,26H,5-9,13-14H2,1-4H3/p+1. The summed E-state index contributed by atoms with van der Waals surface area (Å²) in [5.74, 6) is 0. The normalized spacial score (nSPS) is 17.1. The number of aldehydes is 1. The highest BCUT2D eigenvalue weighted by atomic mass is 16.1. The molecule has 3 nitrogen and oxygen atoms in total. The van der Waals surface area contributed by atoms with Gasteiger partial charge in [0.2, 0.25) is 0 Å². The molecule has 1 aromatic rings. The maximum atomic E-state index is 10.4. The lowest BCUT2D eigenvalue weighted by Gasteiger charge is -2.37. The minimum absolute atomic E-state index is 0.0415. The molecule has 0 aliphatic heterocycles. The van der Waals surface area contributed by atoms with E-state index in [0.29, 0.717) is 6.42 Å². The maximum absolute atomic E-state index is 10.4. The van der Waals surface area contributed by atoms with E-state index in [2.05, 4.69) is 74.6 Å². The van der Waals surface area contributed by atoms with E-state index in [1.54, 1.807) is 5.57 Å². The lowest BCUT2D eigenvalue weighted by atomic mass is 9.67. The molecule has 2 N–H and O–H groups in total. The predicted octanol–water partition coefficient (Wildman–Crippen LogP) is 4.01. The molecule has 150 valence electrons. The second kappa shape index (κ2) is 8.91. The van der Waals surface area contributed by atoms with Crippen molar-refractivity contribution in [2.75, 3.05) is 32.1 Å². The number of fused-ring (bicyclic) bond motifs is 2. The van der Waals surface area contributed by atoms with Crippen molar-refractivity contribution >= 4 is 18.0 Å². The van der Waals surface area contributed by atoms with E-state index in [1.807, 2.05) is 0 Å². The van der Waals surface area contributed by atoms with Gasteiger partial charge in [0.25, 0.3) is 0 Å². The summed E-state index contributed by atoms with van der Waals surface area (Å²) < 4.78 is 0. The summed E-state index contributed by atoms with van der Waals surface area (Å²) in [6, 6.07) is 6.84. The van der Waals surface area contributed by atoms with Crippen LogP contribution < -0.4 is 10.2 Å². The van der Waals surface area contributed by atoms with Gasteiger partial charge in [-0.15, -0.1) is 0 Å². The van der Waals surface area contributed by atoms with Crippen LogP contribution in [0.15, 0.2) is 47.1 Å². The van der Waals surface area contributed by atoms with Crippen molar-refractivity contribution in [2.24, 2.45) is 0 Å². The van der Waals surface area contributed by atoms with E-state index in [0.717, 1.165) is 38.6 Å². The van der Waals surface area contributed by atoms with E-state index < -0.39 is 0 Å². The number of carbonyl (C=O) groups excluding carboxylic acids is 1. The fraction of sp³-hybridized carbons (Fsp3) is 0.480. The second-order valence-corrected chi connectivity index (χ2v) is 8.79. The lowest BCUT2D eigenvalue weighted by molar-refractivity contribution is -0.655. The van der Waals surface area contributed by atoms with Crippen LogP contribution in [0, 0.1) is 0 Å². The Labute approximate surface area is 170 Å². The van der Waals surface area contributed by atoms with Gasteiger partial charge in [-0.05, 0) is 53.3 Å². The zero-order valence-corrected chi connectivity index (χ0v) is 17.9. The lowest BCUT2D eigenvalue weighted by Crippen LogP contribution is -2.84. The first-order chi connectivity index (χ1) is 13.4. The van der Waals surface area contributed by atoms with Gasteiger partial charge in [0.15, 0.2) is 0 Å². The average molecular weight is 380 g/mol. The number of unbranched alkanes of at least 4 members (excludes halogenated alkanes) is 1. The van der Waals surface area contributed by atoms with Crippen LogP contribution in [-0.4, -0.2) is 33.5 Å². The smallest absolute Gasteiger partial charge is 0.120 e. The van der Waals surface area contributed by atoms with E-state index in [1.165, 1.54) is 34.4 Å². The molecule has 0 fully saturated rings. The zero-order chi connectivity index (χ0) is 20.1. The molecular weight excluding hydrogens is 344 g/mol. The summed E-state index contributed by atoms with van der Waals surface area (Å²) in [7, 11) is 4.21. The van der Waals surface area contributed by atoms with E-state index in [9.17, 15) is 4.79 Å². The molecule has 1 aromatic carbocycles. The Balaban J connectivity index is 1.69. The van der Waals surface area contributed by atoms with Crippen LogP contribution in [0.4, 0.5) is 5.69 Å². The third kappa shape index (κ3) is 4.47. The van der Waals surface area contributed by atoms with Crippen molar-refractivity contribution in [2.45, 2.75) is 51.4 Å². The van der Waals surface area contributed by atoms with Gasteiger partial charge >= 0.3 is 0 Å². The quantitative estimate of drug-likeness (QED) is 0.520. The maximum Gasteiger partial charge on any atom is 0.120 e. The highest BCUT2D eigenvalue weighted by Gasteiger charge is 2.34. The fourth-order valence-electron chi connectivity index (χ4n) is 4.38. The molecule has 3 heteroatoms. The third-order valence-electron chi connectivity index (χ3n) is 6.09. The van der Waals surface area contributed by atoms with Gasteiger partial charge in [-0.1, -0.05) is 37.6 Å². The largest absolute Gasteiger partial charge is 0.378 e. The van der Waals surface area contributed by atoms with Crippen molar-refractivity contribution < 1.29 is 10.1 Å². The van der Waals surface area contributed by atoms with Crippen LogP contribution in [0.2, 0.25) is 0 Å². The molecule has 0 atom stereocenters. The van der Waals surface area contributed by atoms with Crippen LogP contribution in [0.1, 0.15) is 57.1 Å². The topological polar surface area (TPSA) is 36.9 Å². The Hall–Kier alpha value is -2.13. The number of hydrogen-bond donors (Lipinski definition) is 1. The predicted molar refractivity (Wildman–Crippen MR) is 119 cm³/mol. The molecule has 0 bridgehead atoms. The van der Waals surface area contributed by atoms with Crippen LogP contribution in [0.5, 0.6) is 0 Å². The molecule has 0 saturated heterocycles. The molecular formula is C25H35N2O+. The number of benzene rings is 1. The first-order valence-corrected chi connectivity index (χ1v) is 10.6. The summed E-state index contributed by atoms with van der Waals surface area (Å²) in [4.78, 5) is 12.5. The molecule has 0 spiro atoms. The Morgan fingerprint density at radius 3 is 2.68 bits per heavy atom. The minimum Gasteiger partial charge on any atom is -0.378 e. The van der Waals surface area contributed by atoms with E-state index in [-0.39, 0.29) is 5.41 Å². The molecule has 2 aliphatic carbocycles. The number of anilines is 1. The number of rotatable bonds is 9. The van der Waals surface area contributed by atoms with E-state index >= 15 is 0 Å². The van der Waals surface area contributed by atoms with Crippen molar-refractivity contribution in [3.63, 3.8) is 0 Å². The first kappa shape index (κ1) is 20.6. The Kier molecular flexibility index (Phi) is 6.56. The number of quaternary nitrogens is 1. The molecule has 3 rings (SSSR count). The minimum atomic E-state index is 0.0415. The van der Waals surface area contributed by atoms with Gasteiger partial charge < -0.3 is 15.0 Å². The SMILES string of the molecule is CN(C)c1ccc2c(c1)C(C)(C)C1=CCC(CCC[NH2+]CCCC=O)=CC1=C2. The van der Waals surface area contributed by atoms with Gasteiger partial charge in [0, 0.05) is 44.5 Å². The molecule has 0 unspecified atom stereocenters. The van der Waals surface area contributed by atoms with Crippen molar-refractivity contribution in [3.05, 3.63) is 58.2 Å². The highest BCUT2D eigenvalue weighted by molar-refractivity contribution is 5.76. The molecule has 0 radical (unpaired) electrons. The van der Waals surface area contributed by atoms with Crippen LogP contribution >= 0.6 is 0 Å². The molecule has 2 aliphatic rings. The van der Waals surface area contributed by atoms with Gasteiger partial charge in [0.05, 0.1) is 13.1 Å². The molecule has 0 amide bonds. The fourth-order valence-corrected chi connectivity index (χ4v) is 4.38. The van der Waals surface area contributed by atoms with Crippen molar-refractivity contribution in [1.82, 2.24) is 0 Å². The van der Waals surface area contributed by atoms with Crippen LogP contribution in [0.3, 0.4) is 0 Å². The first-order valence-electron chi connectivity index (χ1n) is 10.6. The third-order valence-corrected chi connectivity index (χ3v) is 6.09. The average Bonchev–Trinajstić information content (AvgIpc) is 2.67. The summed E-state index contributed by atoms with van der Waals surface area (Å²) in [6.45, 7) is 6.93. The van der Waals surface area contributed by atoms with E-state index in [4.69, 9.17) is 0 Å². The van der Waals surface area contributed by atoms with Crippen LogP contribution in [0.25, 0.3) is 6.08 Å². The molecule has 28 heavy (non-hydrogen) atoms. The molecule has 0 saturated carbocycles. The van der Waals surface area contributed by atoms with Gasteiger partial charge in [-0.25, -0.2) is 0 Å². The Bertz CT molecular complexity index is 812. The van der Waals surface area contributed by atoms with Gasteiger partial charge in [0.1, 0.15) is 6.29 Å². The number of allylic oxidation sites excluding steroid dienone is 5. The van der Waals surface area contributed by atoms with Gasteiger partial charge in [-0.3, -0.25) is 0 Å². The number of carbonyl (C=O) groups is 1. The van der Waals surface area contributed by atoms with Gasteiger partial charge in [-0.2, -0.15) is 0 Å². The number of nitrogens with two attached hydrogens (primary N) is 1. The monoisotopic (exact) mass is 379 g/mol. The zero-order valence-electron chi connectivity index (χ0n) is 17.9. The summed E-state index contributed by atoms with van der Waals surface area (Å²) in [5, 5.41) is 2.34. The number of nitrogens with zero attached hydrogens (tertiary/aromatic N) is 1. The van der Waals surface area contributed by atoms with Crippen molar-refractivity contribution in [3.8, 4) is 0 Å². The molecule has 0 heterocycles. The highest BCUT2D eigenvalue weighted by Crippen LogP contribution is 2.46. The molecule has 0 aromatic heterocycles. The Morgan fingerprint density at radius 1 is 1.14 bits per heavy atom. The Morgan fingerprint density at radius 2 is 1.93 bits per heavy atom. The summed E-state index contributed by atoms with van der Waals surface area (Å²) >= 11 is 0. The number of hydrogen-bond acceptors (Lipinski definition) is 2. The van der Waals surface area contributed by atoms with Crippen LogP contribution in [-0.2, 0) is 10.2 Å². The summed E-state index contributed by atoms with van der Waals surface area (Å²) in [5.41, 5.74) is 8.49. The van der Waals surface area contributed by atoms with Crippen molar-refractivity contribution in [1.29, 1.82) is 0 Å². The second-order valence-electron chi connectivity index (χ2n) is 8.79. The summed E-state index contributed by atoms with van der Waals surface area (Å²) in [6.07, 6.45) is 13.4.